The second-order valence-electron chi connectivity index (χ2n) is 3.39. The molecule has 0 aliphatic carbocycles. The number of carbonyl (C=O) groups is 1. The summed E-state index contributed by atoms with van der Waals surface area (Å²) in [5.74, 6) is 0.525. The monoisotopic (exact) mass is 238 g/mol. The number of amides is 1. The van der Waals surface area contributed by atoms with Gasteiger partial charge in [-0.1, -0.05) is 6.07 Å². The highest BCUT2D eigenvalue weighted by atomic mass is 16.5. The number of ether oxygens (including phenoxy) is 2. The van der Waals surface area contributed by atoms with Crippen molar-refractivity contribution in [3.8, 4) is 5.75 Å². The average molecular weight is 238 g/mol. The molecular weight excluding hydrogens is 220 g/mol. The van der Waals surface area contributed by atoms with Crippen molar-refractivity contribution in [2.75, 3.05) is 33.4 Å². The molecule has 5 nitrogen and oxygen atoms in total. The highest BCUT2D eigenvalue weighted by Gasteiger charge is 2.05. The van der Waals surface area contributed by atoms with Crippen LogP contribution in [0, 0.1) is 0 Å². The molecule has 1 rings (SSSR count). The molecule has 17 heavy (non-hydrogen) atoms. The standard InChI is InChI=1S/C12H18N2O3/c1-16-11-4-2-3-10(9-11)12(15)14-6-8-17-7-5-13/h2-4,9H,5-8,13H2,1H3,(H,14,15). The van der Waals surface area contributed by atoms with E-state index in [1.54, 1.807) is 31.4 Å². The maximum absolute atomic E-state index is 11.7. The first-order valence-electron chi connectivity index (χ1n) is 5.48. The fourth-order valence-corrected chi connectivity index (χ4v) is 1.29. The van der Waals surface area contributed by atoms with E-state index < -0.39 is 0 Å². The summed E-state index contributed by atoms with van der Waals surface area (Å²) in [5, 5.41) is 2.75. The summed E-state index contributed by atoms with van der Waals surface area (Å²) >= 11 is 0. The molecule has 94 valence electrons. The van der Waals surface area contributed by atoms with Gasteiger partial charge in [0.1, 0.15) is 5.75 Å². The van der Waals surface area contributed by atoms with Crippen LogP contribution in [0.5, 0.6) is 5.75 Å². The van der Waals surface area contributed by atoms with Crippen LogP contribution in [0.3, 0.4) is 0 Å². The number of hydrogen-bond acceptors (Lipinski definition) is 4. The van der Waals surface area contributed by atoms with E-state index in [9.17, 15) is 4.79 Å². The molecule has 1 aromatic rings. The fourth-order valence-electron chi connectivity index (χ4n) is 1.29. The molecule has 3 N–H and O–H groups in total. The Morgan fingerprint density at radius 3 is 2.94 bits per heavy atom. The minimum Gasteiger partial charge on any atom is -0.497 e. The van der Waals surface area contributed by atoms with E-state index in [-0.39, 0.29) is 5.91 Å². The SMILES string of the molecule is COc1cccc(C(=O)NCCOCCN)c1. The molecule has 0 heterocycles. The van der Waals surface area contributed by atoms with E-state index >= 15 is 0 Å². The molecule has 1 amide bonds. The van der Waals surface area contributed by atoms with Crippen molar-refractivity contribution in [3.05, 3.63) is 29.8 Å². The van der Waals surface area contributed by atoms with Crippen LogP contribution >= 0.6 is 0 Å². The Bertz CT molecular complexity index is 355. The minimum atomic E-state index is -0.139. The van der Waals surface area contributed by atoms with E-state index in [4.69, 9.17) is 15.2 Å². The van der Waals surface area contributed by atoms with Crippen LogP contribution in [0.15, 0.2) is 24.3 Å². The van der Waals surface area contributed by atoms with Crippen LogP contribution in [0.2, 0.25) is 0 Å². The van der Waals surface area contributed by atoms with Crippen LogP contribution in [0.1, 0.15) is 10.4 Å². The first kappa shape index (κ1) is 13.5. The van der Waals surface area contributed by atoms with Crippen molar-refractivity contribution in [3.63, 3.8) is 0 Å². The van der Waals surface area contributed by atoms with Gasteiger partial charge in [-0.3, -0.25) is 4.79 Å². The van der Waals surface area contributed by atoms with Gasteiger partial charge in [0, 0.05) is 18.7 Å². The molecular formula is C12H18N2O3. The summed E-state index contributed by atoms with van der Waals surface area (Å²) in [7, 11) is 1.57. The van der Waals surface area contributed by atoms with E-state index in [0.29, 0.717) is 37.6 Å². The summed E-state index contributed by atoms with van der Waals surface area (Å²) in [5.41, 5.74) is 5.84. The van der Waals surface area contributed by atoms with Gasteiger partial charge in [0.25, 0.3) is 5.91 Å². The van der Waals surface area contributed by atoms with E-state index in [1.807, 2.05) is 0 Å². The minimum absolute atomic E-state index is 0.139. The van der Waals surface area contributed by atoms with Gasteiger partial charge in [-0.25, -0.2) is 0 Å². The Balaban J connectivity index is 2.36. The van der Waals surface area contributed by atoms with Gasteiger partial charge in [0.05, 0.1) is 20.3 Å². The number of carbonyl (C=O) groups excluding carboxylic acids is 1. The largest absolute Gasteiger partial charge is 0.497 e. The second kappa shape index (κ2) is 7.65. The zero-order chi connectivity index (χ0) is 12.5. The fraction of sp³-hybridized carbons (Fsp3) is 0.417. The van der Waals surface area contributed by atoms with Gasteiger partial charge in [0.2, 0.25) is 0 Å². The number of benzene rings is 1. The zero-order valence-electron chi connectivity index (χ0n) is 9.94. The summed E-state index contributed by atoms with van der Waals surface area (Å²) in [6, 6.07) is 6.99. The number of nitrogens with two attached hydrogens (primary N) is 1. The third-order valence-corrected chi connectivity index (χ3v) is 2.13. The third kappa shape index (κ3) is 4.84. The molecule has 5 heteroatoms. The maximum atomic E-state index is 11.7. The van der Waals surface area contributed by atoms with Crippen LogP contribution in [-0.4, -0.2) is 39.3 Å². The molecule has 0 fully saturated rings. The van der Waals surface area contributed by atoms with Crippen molar-refractivity contribution in [2.45, 2.75) is 0 Å². The van der Waals surface area contributed by atoms with Gasteiger partial charge < -0.3 is 20.5 Å². The van der Waals surface area contributed by atoms with Crippen LogP contribution in [0.25, 0.3) is 0 Å². The number of rotatable bonds is 7. The number of hydrogen-bond donors (Lipinski definition) is 2. The molecule has 0 radical (unpaired) electrons. The summed E-state index contributed by atoms with van der Waals surface area (Å²) < 4.78 is 10.2. The van der Waals surface area contributed by atoms with Gasteiger partial charge >= 0.3 is 0 Å². The van der Waals surface area contributed by atoms with Crippen LogP contribution in [-0.2, 0) is 4.74 Å². The van der Waals surface area contributed by atoms with Crippen molar-refractivity contribution < 1.29 is 14.3 Å². The van der Waals surface area contributed by atoms with Crippen molar-refractivity contribution >= 4 is 5.91 Å². The molecule has 0 aliphatic rings. The van der Waals surface area contributed by atoms with Gasteiger partial charge in [-0.15, -0.1) is 0 Å². The van der Waals surface area contributed by atoms with Gasteiger partial charge in [-0.05, 0) is 18.2 Å². The molecule has 0 spiro atoms. The normalized spacial score (nSPS) is 10.0. The van der Waals surface area contributed by atoms with Crippen LogP contribution < -0.4 is 15.8 Å². The van der Waals surface area contributed by atoms with Crippen LogP contribution in [0.4, 0.5) is 0 Å². The molecule has 0 saturated heterocycles. The second-order valence-corrected chi connectivity index (χ2v) is 3.39. The lowest BCUT2D eigenvalue weighted by Gasteiger charge is -2.06. The molecule has 0 aliphatic heterocycles. The van der Waals surface area contributed by atoms with Gasteiger partial charge in [0.15, 0.2) is 0 Å². The van der Waals surface area contributed by atoms with Crippen molar-refractivity contribution in [1.82, 2.24) is 5.32 Å². The molecule has 1 aromatic carbocycles. The summed E-state index contributed by atoms with van der Waals surface area (Å²) in [6.45, 7) is 1.93. The first-order chi connectivity index (χ1) is 8.27. The lowest BCUT2D eigenvalue weighted by atomic mass is 10.2. The lowest BCUT2D eigenvalue weighted by molar-refractivity contribution is 0.0919. The highest BCUT2D eigenvalue weighted by Crippen LogP contribution is 2.11. The smallest absolute Gasteiger partial charge is 0.251 e. The predicted octanol–water partition coefficient (Wildman–Crippen LogP) is 0.400. The van der Waals surface area contributed by atoms with Crippen molar-refractivity contribution in [2.24, 2.45) is 5.73 Å². The molecule has 0 atom stereocenters. The van der Waals surface area contributed by atoms with E-state index in [0.717, 1.165) is 0 Å². The lowest BCUT2D eigenvalue weighted by Crippen LogP contribution is -2.27. The van der Waals surface area contributed by atoms with Crippen molar-refractivity contribution in [1.29, 1.82) is 0 Å². The molecule has 0 unspecified atom stereocenters. The highest BCUT2D eigenvalue weighted by molar-refractivity contribution is 5.94. The first-order valence-corrected chi connectivity index (χ1v) is 5.48. The van der Waals surface area contributed by atoms with Gasteiger partial charge in [-0.2, -0.15) is 0 Å². The Labute approximate surface area is 101 Å². The van der Waals surface area contributed by atoms with E-state index in [1.165, 1.54) is 0 Å². The molecule has 0 bridgehead atoms. The topological polar surface area (TPSA) is 73.6 Å². The zero-order valence-corrected chi connectivity index (χ0v) is 9.94. The van der Waals surface area contributed by atoms with E-state index in [2.05, 4.69) is 5.32 Å². The Hall–Kier alpha value is -1.59. The predicted molar refractivity (Wildman–Crippen MR) is 65.2 cm³/mol. The molecule has 0 saturated carbocycles. The quantitative estimate of drug-likeness (QED) is 0.674. The summed E-state index contributed by atoms with van der Waals surface area (Å²) in [4.78, 5) is 11.7. The number of nitrogens with one attached hydrogen (secondary N) is 1. The summed E-state index contributed by atoms with van der Waals surface area (Å²) in [6.07, 6.45) is 0. The number of methoxy groups -OCH3 is 1. The Kier molecular flexibility index (Phi) is 6.06. The maximum Gasteiger partial charge on any atom is 0.251 e. The Morgan fingerprint density at radius 1 is 1.41 bits per heavy atom. The average Bonchev–Trinajstić information content (AvgIpc) is 2.38. The third-order valence-electron chi connectivity index (χ3n) is 2.13. The molecule has 0 aromatic heterocycles. The Morgan fingerprint density at radius 2 is 2.24 bits per heavy atom.